The van der Waals surface area contributed by atoms with Gasteiger partial charge in [0, 0.05) is 19.0 Å². The van der Waals surface area contributed by atoms with Crippen LogP contribution in [0.2, 0.25) is 0 Å². The summed E-state index contributed by atoms with van der Waals surface area (Å²) in [4.78, 5) is 0. The fraction of sp³-hybridized carbons (Fsp3) is 1.00. The summed E-state index contributed by atoms with van der Waals surface area (Å²) in [6.45, 7) is 0.775. The standard InChI is InChI=1S/C8H16ClNO5/c9-1-2-10-3-4-5(11)6(12)7(13)8(14)15-4/h4-8,10-14H,1-3H2. The molecule has 1 fully saturated rings. The first-order valence-electron chi connectivity index (χ1n) is 4.72. The molecule has 5 N–H and O–H groups in total. The second-order valence-electron chi connectivity index (χ2n) is 3.43. The number of hydrogen-bond acceptors (Lipinski definition) is 6. The van der Waals surface area contributed by atoms with E-state index < -0.39 is 30.7 Å². The highest BCUT2D eigenvalue weighted by Gasteiger charge is 2.42. The predicted molar refractivity (Wildman–Crippen MR) is 52.5 cm³/mol. The van der Waals surface area contributed by atoms with E-state index in [0.29, 0.717) is 12.4 Å². The average Bonchev–Trinajstić information content (AvgIpc) is 2.23. The molecule has 1 heterocycles. The van der Waals surface area contributed by atoms with Gasteiger partial charge in [-0.1, -0.05) is 0 Å². The molecule has 6 nitrogen and oxygen atoms in total. The van der Waals surface area contributed by atoms with Gasteiger partial charge in [0.2, 0.25) is 0 Å². The van der Waals surface area contributed by atoms with Gasteiger partial charge in [-0.15, -0.1) is 11.6 Å². The van der Waals surface area contributed by atoms with Crippen molar-refractivity contribution in [2.75, 3.05) is 19.0 Å². The molecule has 5 unspecified atom stereocenters. The highest BCUT2D eigenvalue weighted by Crippen LogP contribution is 2.19. The zero-order valence-corrected chi connectivity index (χ0v) is 8.84. The van der Waals surface area contributed by atoms with Crippen molar-refractivity contribution in [3.05, 3.63) is 0 Å². The number of rotatable bonds is 4. The summed E-state index contributed by atoms with van der Waals surface area (Å²) in [6.07, 6.45) is -6.36. The fourth-order valence-corrected chi connectivity index (χ4v) is 1.54. The smallest absolute Gasteiger partial charge is 0.184 e. The number of ether oxygens (including phenoxy) is 1. The second-order valence-corrected chi connectivity index (χ2v) is 3.81. The van der Waals surface area contributed by atoms with Gasteiger partial charge in [0.25, 0.3) is 0 Å². The van der Waals surface area contributed by atoms with Crippen molar-refractivity contribution < 1.29 is 25.2 Å². The van der Waals surface area contributed by atoms with Crippen molar-refractivity contribution in [3.63, 3.8) is 0 Å². The normalized spacial score (nSPS) is 41.8. The van der Waals surface area contributed by atoms with Gasteiger partial charge in [-0.3, -0.25) is 0 Å². The van der Waals surface area contributed by atoms with Crippen molar-refractivity contribution >= 4 is 11.6 Å². The van der Waals surface area contributed by atoms with Crippen molar-refractivity contribution in [2.24, 2.45) is 0 Å². The third-order valence-corrected chi connectivity index (χ3v) is 2.49. The Bertz CT molecular complexity index is 196. The fourth-order valence-electron chi connectivity index (χ4n) is 1.41. The largest absolute Gasteiger partial charge is 0.388 e. The molecule has 0 aromatic rings. The van der Waals surface area contributed by atoms with Crippen LogP contribution in [0.1, 0.15) is 0 Å². The van der Waals surface area contributed by atoms with Gasteiger partial charge in [-0.05, 0) is 0 Å². The quantitative estimate of drug-likeness (QED) is 0.278. The van der Waals surface area contributed by atoms with Crippen LogP contribution in [-0.2, 0) is 4.74 Å². The molecule has 0 aromatic carbocycles. The van der Waals surface area contributed by atoms with Crippen LogP contribution in [0.15, 0.2) is 0 Å². The molecule has 1 aliphatic heterocycles. The first-order chi connectivity index (χ1) is 7.07. The number of halogens is 1. The van der Waals surface area contributed by atoms with Crippen LogP contribution >= 0.6 is 11.6 Å². The van der Waals surface area contributed by atoms with Crippen molar-refractivity contribution in [2.45, 2.75) is 30.7 Å². The molecule has 5 atom stereocenters. The molecule has 0 spiro atoms. The van der Waals surface area contributed by atoms with Crippen molar-refractivity contribution in [1.82, 2.24) is 5.32 Å². The Labute approximate surface area is 92.4 Å². The number of aliphatic hydroxyl groups is 4. The number of hydrogen-bond donors (Lipinski definition) is 5. The van der Waals surface area contributed by atoms with E-state index in [-0.39, 0.29) is 6.54 Å². The van der Waals surface area contributed by atoms with Gasteiger partial charge in [-0.2, -0.15) is 0 Å². The summed E-state index contributed by atoms with van der Waals surface area (Å²) in [5, 5.41) is 40.1. The third kappa shape index (κ3) is 3.25. The van der Waals surface area contributed by atoms with E-state index in [4.69, 9.17) is 16.3 Å². The van der Waals surface area contributed by atoms with E-state index in [2.05, 4.69) is 5.32 Å². The molecule has 0 aliphatic carbocycles. The first-order valence-corrected chi connectivity index (χ1v) is 5.25. The van der Waals surface area contributed by atoms with Gasteiger partial charge in [0.05, 0.1) is 0 Å². The Hall–Kier alpha value is 0.0500. The molecule has 1 aliphatic rings. The molecule has 0 radical (unpaired) electrons. The predicted octanol–water partition coefficient (Wildman–Crippen LogP) is -2.39. The Balaban J connectivity index is 2.43. The molecule has 0 aromatic heterocycles. The second kappa shape index (κ2) is 5.95. The SMILES string of the molecule is OC1OC(CNCCCl)C(O)C(O)C1O. The van der Waals surface area contributed by atoms with Crippen LogP contribution in [0, 0.1) is 0 Å². The molecule has 90 valence electrons. The number of nitrogens with one attached hydrogen (secondary N) is 1. The molecule has 0 bridgehead atoms. The first kappa shape index (κ1) is 13.1. The maximum Gasteiger partial charge on any atom is 0.184 e. The van der Waals surface area contributed by atoms with Crippen LogP contribution < -0.4 is 5.32 Å². The van der Waals surface area contributed by atoms with E-state index >= 15 is 0 Å². The Kier molecular flexibility index (Phi) is 5.20. The topological polar surface area (TPSA) is 102 Å². The van der Waals surface area contributed by atoms with Crippen LogP contribution in [0.4, 0.5) is 0 Å². The maximum atomic E-state index is 9.51. The molecule has 7 heteroatoms. The molecule has 0 saturated carbocycles. The highest BCUT2D eigenvalue weighted by molar-refractivity contribution is 6.18. The lowest BCUT2D eigenvalue weighted by atomic mass is 9.99. The monoisotopic (exact) mass is 241 g/mol. The lowest BCUT2D eigenvalue weighted by Gasteiger charge is -2.38. The molecule has 15 heavy (non-hydrogen) atoms. The minimum atomic E-state index is -1.48. The van der Waals surface area contributed by atoms with Gasteiger partial charge in [0.1, 0.15) is 24.4 Å². The zero-order chi connectivity index (χ0) is 11.4. The van der Waals surface area contributed by atoms with Crippen LogP contribution in [0.3, 0.4) is 0 Å². The number of alkyl halides is 1. The van der Waals surface area contributed by atoms with E-state index in [0.717, 1.165) is 0 Å². The Morgan fingerprint density at radius 3 is 2.33 bits per heavy atom. The Morgan fingerprint density at radius 2 is 1.73 bits per heavy atom. The molecule has 0 amide bonds. The lowest BCUT2D eigenvalue weighted by Crippen LogP contribution is -2.59. The lowest BCUT2D eigenvalue weighted by molar-refractivity contribution is -0.280. The van der Waals surface area contributed by atoms with Gasteiger partial charge in [-0.25, -0.2) is 0 Å². The van der Waals surface area contributed by atoms with E-state index in [1.807, 2.05) is 0 Å². The summed E-state index contributed by atoms with van der Waals surface area (Å²) in [5.74, 6) is 0.413. The summed E-state index contributed by atoms with van der Waals surface area (Å²) in [5.41, 5.74) is 0. The Morgan fingerprint density at radius 1 is 1.07 bits per heavy atom. The molecular weight excluding hydrogens is 226 g/mol. The van der Waals surface area contributed by atoms with E-state index in [9.17, 15) is 20.4 Å². The van der Waals surface area contributed by atoms with Crippen molar-refractivity contribution in [3.8, 4) is 0 Å². The summed E-state index contributed by atoms with van der Waals surface area (Å²) >= 11 is 5.43. The van der Waals surface area contributed by atoms with Crippen LogP contribution in [-0.4, -0.2) is 70.1 Å². The molecular formula is C8H16ClNO5. The third-order valence-electron chi connectivity index (χ3n) is 2.30. The summed E-state index contributed by atoms with van der Waals surface area (Å²) in [7, 11) is 0. The highest BCUT2D eigenvalue weighted by atomic mass is 35.5. The zero-order valence-electron chi connectivity index (χ0n) is 8.08. The van der Waals surface area contributed by atoms with Crippen LogP contribution in [0.5, 0.6) is 0 Å². The minimum Gasteiger partial charge on any atom is -0.388 e. The minimum absolute atomic E-state index is 0.245. The average molecular weight is 242 g/mol. The van der Waals surface area contributed by atoms with E-state index in [1.54, 1.807) is 0 Å². The number of aliphatic hydroxyl groups excluding tert-OH is 4. The molecule has 1 saturated heterocycles. The summed E-state index contributed by atoms with van der Waals surface area (Å²) < 4.78 is 4.92. The summed E-state index contributed by atoms with van der Waals surface area (Å²) in [6, 6.07) is 0. The van der Waals surface area contributed by atoms with Crippen LogP contribution in [0.25, 0.3) is 0 Å². The van der Waals surface area contributed by atoms with Gasteiger partial charge in [0.15, 0.2) is 6.29 Å². The van der Waals surface area contributed by atoms with E-state index in [1.165, 1.54) is 0 Å². The van der Waals surface area contributed by atoms with Gasteiger partial charge >= 0.3 is 0 Å². The van der Waals surface area contributed by atoms with Gasteiger partial charge < -0.3 is 30.5 Å². The maximum absolute atomic E-state index is 9.51. The molecule has 1 rings (SSSR count). The van der Waals surface area contributed by atoms with Crippen molar-refractivity contribution in [1.29, 1.82) is 0 Å².